The molecule has 2 amide bonds. The number of ketones is 6. The lowest BCUT2D eigenvalue weighted by Crippen LogP contribution is -2.41. The number of nitrogens with zero attached hydrogens (tertiary/aromatic N) is 6. The van der Waals surface area contributed by atoms with Crippen LogP contribution in [-0.4, -0.2) is 233 Å². The number of carbonyl (C=O) groups is 13. The van der Waals surface area contributed by atoms with Crippen molar-refractivity contribution in [2.24, 2.45) is 5.73 Å². The first-order valence-corrected chi connectivity index (χ1v) is 40.8. The molecule has 0 aliphatic carbocycles. The number of amides is 2. The number of nitrogen functional groups attached to an aromatic ring is 1. The highest BCUT2D eigenvalue weighted by molar-refractivity contribution is 5.95. The fourth-order valence-electron chi connectivity index (χ4n) is 10.9. The topological polar surface area (TPSA) is 480 Å². The van der Waals surface area contributed by atoms with Crippen LogP contribution in [0, 0.1) is 20.8 Å². The average molecular weight is 1710 g/mol. The Labute approximate surface area is 717 Å². The molecule has 33 nitrogen and oxygen atoms in total. The monoisotopic (exact) mass is 1710 g/mol. The van der Waals surface area contributed by atoms with Crippen LogP contribution >= 0.6 is 0 Å². The number of carbonyl (C=O) groups excluding carboxylic acids is 10. The van der Waals surface area contributed by atoms with E-state index in [-0.39, 0.29) is 149 Å². The Morgan fingerprint density at radius 3 is 1.08 bits per heavy atom. The molecule has 0 radical (unpaired) electrons. The third-order valence-electron chi connectivity index (χ3n) is 17.7. The number of nitrogens with two attached hydrogens (primary N) is 2. The number of nitrogens with one attached hydrogen (secondary N) is 5. The Balaban J connectivity index is -0.000000434. The fourth-order valence-corrected chi connectivity index (χ4v) is 10.9. The van der Waals surface area contributed by atoms with Crippen molar-refractivity contribution in [2.75, 3.05) is 86.4 Å². The summed E-state index contributed by atoms with van der Waals surface area (Å²) in [6.07, 6.45) is 29.4. The number of Topliss-reactive ketones (excluding diaryl/α,β-unsaturated/α-hetero) is 6. The number of aliphatic carboxylic acids is 3. The van der Waals surface area contributed by atoms with Gasteiger partial charge in [-0.25, -0.2) is 0 Å². The summed E-state index contributed by atoms with van der Waals surface area (Å²) < 4.78 is 8.61. The Morgan fingerprint density at radius 1 is 0.446 bits per heavy atom. The van der Waals surface area contributed by atoms with Crippen molar-refractivity contribution in [3.05, 3.63) is 133 Å². The van der Waals surface area contributed by atoms with Crippen molar-refractivity contribution in [1.82, 2.24) is 44.4 Å². The van der Waals surface area contributed by atoms with Crippen molar-refractivity contribution in [3.63, 3.8) is 0 Å². The van der Waals surface area contributed by atoms with Gasteiger partial charge in [0.2, 0.25) is 11.8 Å². The Morgan fingerprint density at radius 2 is 0.777 bits per heavy atom. The van der Waals surface area contributed by atoms with E-state index < -0.39 is 30.0 Å². The number of hydrogen-bond acceptors (Lipinski definition) is 25. The van der Waals surface area contributed by atoms with E-state index in [1.165, 1.54) is 48.5 Å². The largest absolute Gasteiger partial charge is 0.481 e. The number of aldehydes is 1. The van der Waals surface area contributed by atoms with Gasteiger partial charge >= 0.3 is 23.9 Å². The minimum Gasteiger partial charge on any atom is -0.481 e. The number of anilines is 3. The third-order valence-corrected chi connectivity index (χ3v) is 17.7. The average Bonchev–Trinajstić information content (AvgIpc) is 0.836. The van der Waals surface area contributed by atoms with Crippen molar-refractivity contribution < 1.29 is 82.4 Å². The summed E-state index contributed by atoms with van der Waals surface area (Å²) in [6.45, 7) is 25.3. The van der Waals surface area contributed by atoms with Gasteiger partial charge in [-0.05, 0) is 258 Å². The minimum absolute atomic E-state index is 0.00560. The van der Waals surface area contributed by atoms with Crippen molar-refractivity contribution in [2.45, 2.75) is 274 Å². The number of carboxylic acids is 3. The summed E-state index contributed by atoms with van der Waals surface area (Å²) >= 11 is 0. The fraction of sp³-hybridized carbons (Fsp3) is 0.591. The van der Waals surface area contributed by atoms with Gasteiger partial charge < -0.3 is 76.6 Å². The smallest absolute Gasteiger partial charge is 0.320 e. The third kappa shape index (κ3) is 58.4. The molecule has 0 bridgehead atoms. The van der Waals surface area contributed by atoms with Crippen LogP contribution < -0.4 is 54.7 Å². The molecule has 0 aliphatic rings. The zero-order valence-corrected chi connectivity index (χ0v) is 76.4. The van der Waals surface area contributed by atoms with Crippen LogP contribution in [0.1, 0.15) is 209 Å². The van der Waals surface area contributed by atoms with Gasteiger partial charge in [0, 0.05) is 36.3 Å². The molecule has 121 heavy (non-hydrogen) atoms. The Hall–Kier alpha value is -10.2. The number of methoxy groups -OCH3 is 1. The zero-order valence-electron chi connectivity index (χ0n) is 76.4. The SMILES string of the molecule is CC(=O)Cn1c(C)ccc(N)c1=O.CC(=O)[C@H](CCC=O)N(C)C.CC/C=C/CC[C@@H](C(C)=O)N(C)C.CC/C=C/CC[C@H](NC)C(=O)Nc1ccc(C)n(CC(C)=O)c1=O.CC/C=C/CC[C@H](NC)C(=O)O.CC/C=C/CC[C@H](NCC)C(=O)Nc1ccc(C)n(CC(C)=O)c1=O.COC(=O)CC[C@@H](C(C)=O)N(C)C.N[C@@H](CCC(=O)O)C(=O)O. The number of rotatable bonds is 47. The molecule has 3 heterocycles. The molecule has 33 heteroatoms. The molecule has 3 rings (SSSR count). The van der Waals surface area contributed by atoms with Gasteiger partial charge in [0.1, 0.15) is 64.4 Å². The van der Waals surface area contributed by atoms with Crippen LogP contribution in [0.2, 0.25) is 0 Å². The van der Waals surface area contributed by atoms with Gasteiger partial charge in [-0.1, -0.05) is 83.2 Å². The van der Waals surface area contributed by atoms with Crippen LogP contribution in [0.5, 0.6) is 0 Å². The lowest BCUT2D eigenvalue weighted by molar-refractivity contribution is -0.142. The molecule has 0 saturated heterocycles. The highest BCUT2D eigenvalue weighted by atomic mass is 16.5. The number of carboxylic acid groups (broad SMARTS) is 3. The predicted octanol–water partition coefficient (Wildman–Crippen LogP) is 8.62. The van der Waals surface area contributed by atoms with E-state index in [0.29, 0.717) is 62.9 Å². The van der Waals surface area contributed by atoms with Crippen molar-refractivity contribution in [3.8, 4) is 0 Å². The molecule has 0 spiro atoms. The molecule has 684 valence electrons. The zero-order chi connectivity index (χ0) is 94.0. The highest BCUT2D eigenvalue weighted by Crippen LogP contribution is 2.12. The minimum atomic E-state index is -1.17. The maximum atomic E-state index is 12.5. The van der Waals surface area contributed by atoms with E-state index >= 15 is 0 Å². The van der Waals surface area contributed by atoms with E-state index in [0.717, 1.165) is 69.8 Å². The molecule has 0 aliphatic heterocycles. The number of ether oxygens (including phenoxy) is 1. The maximum Gasteiger partial charge on any atom is 0.320 e. The van der Waals surface area contributed by atoms with Gasteiger partial charge in [0.05, 0.1) is 62.6 Å². The Kier molecular flexibility index (Phi) is 70.6. The summed E-state index contributed by atoms with van der Waals surface area (Å²) in [7, 11) is 16.0. The second-order valence-corrected chi connectivity index (χ2v) is 28.9. The molecule has 0 saturated carbocycles. The van der Waals surface area contributed by atoms with E-state index in [2.05, 4.69) is 95.5 Å². The summed E-state index contributed by atoms with van der Waals surface area (Å²) in [4.78, 5) is 185. The Bertz CT molecular complexity index is 3930. The number of aromatic nitrogens is 3. The number of likely N-dealkylation sites (N-methyl/N-ethyl adjacent to an activating group) is 6. The van der Waals surface area contributed by atoms with Crippen molar-refractivity contribution in [1.29, 1.82) is 0 Å². The lowest BCUT2D eigenvalue weighted by Gasteiger charge is -2.20. The first-order valence-electron chi connectivity index (χ1n) is 40.8. The van der Waals surface area contributed by atoms with Crippen LogP contribution in [0.4, 0.5) is 17.1 Å². The standard InChI is InChI=1S/C19H29N3O3.C18H27N3O3.C11H21NO.C9H12N2O2.C9H17NO3.C9H17NO2.C8H15NO2.C5H9NO4/c1-5-7-8-9-10-16(20-6-2)18(24)21-17-12-11-14(3)22(19(17)25)13-15(4)23;1-5-6-7-8-9-15(19-4)17(23)20-16-11-10-13(2)21(18(16)24)12-14(3)22;1-5-6-7-8-9-11(10(2)13)12(3)4;1-6-3-4-8(10)9(13)11(6)5-7(2)12;1-7(11)8(10(2)3)5-6-9(12)13-4;1-3-4-5-6-7-8(10-2)9(11)12;1-7(11)8(9(2)3)5-4-6-10;6-3(5(9)10)1-2-4(7)8/h7-8,11-12,16,20H,5-6,9-10,13H2,1-4H3,(H,21,24);6-7,10-11,15,19H,5,8-9,12H2,1-4H3,(H,20,23);6-7,11H,5,8-9H2,1-4H3;3-4H,5,10H2,1-2H3;8H,5-6H2,1-4H3;4-5,8,10H,3,6-7H2,1-2H3,(H,11,12);6,8H,4-5H2,1-3H3;3H,1-2,6H2,(H,7,8)(H,9,10)/b8-7+;2*7-6+;;;5-4+;;/t16-;15-;11-;;3*8-;3-/m000.0000/s1. The first kappa shape index (κ1) is 119. The van der Waals surface area contributed by atoms with E-state index in [9.17, 15) is 76.7 Å². The van der Waals surface area contributed by atoms with Gasteiger partial charge in [-0.3, -0.25) is 86.6 Å². The number of hydrogen-bond donors (Lipinski definition) is 10. The molecule has 3 aromatic heterocycles. The molecular formula is C88H147N13O20. The van der Waals surface area contributed by atoms with E-state index in [1.807, 2.05) is 76.1 Å². The van der Waals surface area contributed by atoms with Crippen molar-refractivity contribution >= 4 is 93.7 Å². The normalized spacial score (nSPS) is 12.5. The summed E-state index contributed by atoms with van der Waals surface area (Å²) in [5.41, 5.74) is 12.1. The second-order valence-electron chi connectivity index (χ2n) is 28.9. The molecule has 0 fully saturated rings. The maximum absolute atomic E-state index is 12.5. The molecule has 12 N–H and O–H groups in total. The van der Waals surface area contributed by atoms with Crippen LogP contribution in [0.3, 0.4) is 0 Å². The number of esters is 1. The summed E-state index contributed by atoms with van der Waals surface area (Å²) in [5, 5.41) is 39.2. The van der Waals surface area contributed by atoms with Gasteiger partial charge in [0.15, 0.2) is 0 Å². The number of allylic oxidation sites excluding steroid dienone is 8. The predicted molar refractivity (Wildman–Crippen MR) is 479 cm³/mol. The molecule has 7 atom stereocenters. The van der Waals surface area contributed by atoms with Gasteiger partial charge in [0.25, 0.3) is 16.7 Å². The summed E-state index contributed by atoms with van der Waals surface area (Å²) in [6, 6.07) is 7.48. The molecule has 0 aromatic carbocycles. The second kappa shape index (κ2) is 71.6. The molecular weight excluding hydrogens is 1560 g/mol. The van der Waals surface area contributed by atoms with Gasteiger partial charge in [-0.2, -0.15) is 0 Å². The molecule has 3 aromatic rings. The van der Waals surface area contributed by atoms with Crippen LogP contribution in [0.15, 0.2) is 99.4 Å². The highest BCUT2D eigenvalue weighted by Gasteiger charge is 2.23. The number of pyridine rings is 3. The quantitative estimate of drug-likeness (QED) is 0.0144. The van der Waals surface area contributed by atoms with E-state index in [1.54, 1.807) is 85.1 Å². The summed E-state index contributed by atoms with van der Waals surface area (Å²) in [5.74, 6) is -3.55. The number of aryl methyl sites for hydroxylation is 3. The van der Waals surface area contributed by atoms with E-state index in [4.69, 9.17) is 26.8 Å². The van der Waals surface area contributed by atoms with Crippen LogP contribution in [0.25, 0.3) is 0 Å². The first-order chi connectivity index (χ1) is 56.7. The van der Waals surface area contributed by atoms with Gasteiger partial charge in [-0.15, -0.1) is 0 Å². The lowest BCUT2D eigenvalue weighted by atomic mass is 10.1. The van der Waals surface area contributed by atoms with Crippen LogP contribution in [-0.2, 0) is 86.7 Å². The molecule has 0 unspecified atom stereocenters.